The highest BCUT2D eigenvalue weighted by molar-refractivity contribution is 5.23. The molecule has 0 N–H and O–H groups in total. The Bertz CT molecular complexity index is 69.0. The highest BCUT2D eigenvalue weighted by Crippen LogP contribution is 2.06. The standard InChI is InChI=1S/C8H17N/c1-4-5-6-8(2)7-9-3/h8H,3-7H2,1-2H3. The van der Waals surface area contributed by atoms with Crippen LogP contribution < -0.4 is 0 Å². The maximum absolute atomic E-state index is 3.84. The van der Waals surface area contributed by atoms with Gasteiger partial charge >= 0.3 is 0 Å². The number of nitrogens with zero attached hydrogens (tertiary/aromatic N) is 1. The topological polar surface area (TPSA) is 12.4 Å². The Morgan fingerprint density at radius 2 is 2.22 bits per heavy atom. The quantitative estimate of drug-likeness (QED) is 0.503. The molecule has 0 aliphatic carbocycles. The summed E-state index contributed by atoms with van der Waals surface area (Å²) < 4.78 is 0. The maximum Gasteiger partial charge on any atom is 0.0407 e. The molecule has 0 fully saturated rings. The molecule has 0 amide bonds. The molecule has 0 aromatic rings. The third kappa shape index (κ3) is 5.54. The van der Waals surface area contributed by atoms with Gasteiger partial charge in [-0.05, 0) is 19.1 Å². The lowest BCUT2D eigenvalue weighted by Gasteiger charge is -2.04. The molecule has 9 heavy (non-hydrogen) atoms. The van der Waals surface area contributed by atoms with E-state index in [0.717, 1.165) is 12.5 Å². The van der Waals surface area contributed by atoms with Crippen LogP contribution in [0.15, 0.2) is 4.99 Å². The second-order valence-electron chi connectivity index (χ2n) is 2.65. The molecule has 1 heteroatoms. The summed E-state index contributed by atoms with van der Waals surface area (Å²) in [6.45, 7) is 8.83. The van der Waals surface area contributed by atoms with E-state index in [9.17, 15) is 0 Å². The van der Waals surface area contributed by atoms with E-state index in [2.05, 4.69) is 25.6 Å². The molecule has 0 aromatic heterocycles. The van der Waals surface area contributed by atoms with Gasteiger partial charge in [-0.1, -0.05) is 26.7 Å². The lowest BCUT2D eigenvalue weighted by Crippen LogP contribution is -1.97. The normalized spacial score (nSPS) is 13.1. The van der Waals surface area contributed by atoms with Crippen molar-refractivity contribution in [3.63, 3.8) is 0 Å². The van der Waals surface area contributed by atoms with Gasteiger partial charge in [0.05, 0.1) is 0 Å². The van der Waals surface area contributed by atoms with E-state index in [-0.39, 0.29) is 0 Å². The first-order chi connectivity index (χ1) is 4.31. The Hall–Kier alpha value is -0.330. The van der Waals surface area contributed by atoms with Crippen LogP contribution in [0.2, 0.25) is 0 Å². The van der Waals surface area contributed by atoms with Crippen LogP contribution in [0.1, 0.15) is 33.1 Å². The third-order valence-corrected chi connectivity index (χ3v) is 1.49. The zero-order chi connectivity index (χ0) is 7.11. The smallest absolute Gasteiger partial charge is 0.0407 e. The van der Waals surface area contributed by atoms with Crippen molar-refractivity contribution in [1.82, 2.24) is 0 Å². The molecular weight excluding hydrogens is 110 g/mol. The van der Waals surface area contributed by atoms with Crippen LogP contribution >= 0.6 is 0 Å². The van der Waals surface area contributed by atoms with Crippen molar-refractivity contribution in [2.75, 3.05) is 6.54 Å². The molecule has 54 valence electrons. The van der Waals surface area contributed by atoms with Crippen LogP contribution in [-0.2, 0) is 0 Å². The third-order valence-electron chi connectivity index (χ3n) is 1.49. The first-order valence-corrected chi connectivity index (χ1v) is 3.73. The Labute approximate surface area is 58.2 Å². The fourth-order valence-electron chi connectivity index (χ4n) is 0.864. The lowest BCUT2D eigenvalue weighted by atomic mass is 10.1. The highest BCUT2D eigenvalue weighted by atomic mass is 14.7. The fourth-order valence-corrected chi connectivity index (χ4v) is 0.864. The van der Waals surface area contributed by atoms with Gasteiger partial charge in [-0.3, -0.25) is 0 Å². The number of rotatable bonds is 5. The Morgan fingerprint density at radius 1 is 1.56 bits per heavy atom. The molecule has 0 radical (unpaired) electrons. The van der Waals surface area contributed by atoms with Gasteiger partial charge in [0.2, 0.25) is 0 Å². The molecule has 0 spiro atoms. The average molecular weight is 127 g/mol. The molecular formula is C8H17N. The fraction of sp³-hybridized carbons (Fsp3) is 0.875. The first-order valence-electron chi connectivity index (χ1n) is 3.73. The van der Waals surface area contributed by atoms with E-state index in [1.807, 2.05) is 0 Å². The minimum absolute atomic E-state index is 0.738. The summed E-state index contributed by atoms with van der Waals surface area (Å²) in [5, 5.41) is 0. The molecule has 0 rings (SSSR count). The summed E-state index contributed by atoms with van der Waals surface area (Å²) in [7, 11) is 0. The van der Waals surface area contributed by atoms with Crippen molar-refractivity contribution in [2.45, 2.75) is 33.1 Å². The van der Waals surface area contributed by atoms with Crippen LogP contribution in [0, 0.1) is 5.92 Å². The predicted molar refractivity (Wildman–Crippen MR) is 43.1 cm³/mol. The zero-order valence-electron chi connectivity index (χ0n) is 6.56. The van der Waals surface area contributed by atoms with Crippen molar-refractivity contribution in [3.05, 3.63) is 0 Å². The molecule has 0 saturated carbocycles. The van der Waals surface area contributed by atoms with Crippen molar-refractivity contribution < 1.29 is 0 Å². The van der Waals surface area contributed by atoms with Gasteiger partial charge in [-0.25, -0.2) is 0 Å². The molecule has 1 atom stereocenters. The Morgan fingerprint density at radius 3 is 2.67 bits per heavy atom. The summed E-state index contributed by atoms with van der Waals surface area (Å²) in [6.07, 6.45) is 3.92. The largest absolute Gasteiger partial charge is 0.301 e. The van der Waals surface area contributed by atoms with Gasteiger partial charge in [0.1, 0.15) is 0 Å². The van der Waals surface area contributed by atoms with Crippen LogP contribution in [0.25, 0.3) is 0 Å². The van der Waals surface area contributed by atoms with Gasteiger partial charge in [0.25, 0.3) is 0 Å². The molecule has 0 aliphatic heterocycles. The minimum atomic E-state index is 0.738. The summed E-state index contributed by atoms with van der Waals surface area (Å²) in [6, 6.07) is 0. The van der Waals surface area contributed by atoms with Crippen LogP contribution in [-0.4, -0.2) is 13.3 Å². The summed E-state index contributed by atoms with van der Waals surface area (Å²) >= 11 is 0. The maximum atomic E-state index is 3.84. The zero-order valence-corrected chi connectivity index (χ0v) is 6.56. The second kappa shape index (κ2) is 5.80. The Kier molecular flexibility index (Phi) is 5.59. The van der Waals surface area contributed by atoms with Crippen molar-refractivity contribution in [1.29, 1.82) is 0 Å². The van der Waals surface area contributed by atoms with Gasteiger partial charge in [-0.15, -0.1) is 0 Å². The molecule has 0 heterocycles. The molecule has 0 aromatic carbocycles. The second-order valence-corrected chi connectivity index (χ2v) is 2.65. The number of aliphatic imine (C=N–C) groups is 1. The van der Waals surface area contributed by atoms with Crippen LogP contribution in [0.4, 0.5) is 0 Å². The van der Waals surface area contributed by atoms with Gasteiger partial charge < -0.3 is 4.99 Å². The van der Waals surface area contributed by atoms with E-state index < -0.39 is 0 Å². The van der Waals surface area contributed by atoms with Gasteiger partial charge in [-0.2, -0.15) is 0 Å². The monoisotopic (exact) mass is 127 g/mol. The van der Waals surface area contributed by atoms with E-state index in [1.165, 1.54) is 19.3 Å². The SMILES string of the molecule is C=NCC(C)CCCC. The first kappa shape index (κ1) is 8.67. The number of hydrogen-bond donors (Lipinski definition) is 0. The van der Waals surface area contributed by atoms with E-state index in [4.69, 9.17) is 0 Å². The minimum Gasteiger partial charge on any atom is -0.301 e. The van der Waals surface area contributed by atoms with E-state index in [0.29, 0.717) is 0 Å². The predicted octanol–water partition coefficient (Wildman–Crippen LogP) is 2.51. The molecule has 0 saturated heterocycles. The van der Waals surface area contributed by atoms with Gasteiger partial charge in [0, 0.05) is 6.54 Å². The highest BCUT2D eigenvalue weighted by Gasteiger charge is 1.96. The van der Waals surface area contributed by atoms with Crippen molar-refractivity contribution >= 4 is 6.72 Å². The summed E-state index contributed by atoms with van der Waals surface area (Å²) in [5.41, 5.74) is 0. The van der Waals surface area contributed by atoms with Crippen molar-refractivity contribution in [2.24, 2.45) is 10.9 Å². The van der Waals surface area contributed by atoms with Crippen LogP contribution in [0.5, 0.6) is 0 Å². The van der Waals surface area contributed by atoms with Gasteiger partial charge in [0.15, 0.2) is 0 Å². The number of hydrogen-bond acceptors (Lipinski definition) is 1. The molecule has 0 aliphatic rings. The van der Waals surface area contributed by atoms with Crippen molar-refractivity contribution in [3.8, 4) is 0 Å². The molecule has 1 nitrogen and oxygen atoms in total. The summed E-state index contributed by atoms with van der Waals surface area (Å²) in [4.78, 5) is 3.84. The van der Waals surface area contributed by atoms with E-state index >= 15 is 0 Å². The molecule has 1 unspecified atom stereocenters. The number of unbranched alkanes of at least 4 members (excludes halogenated alkanes) is 1. The lowest BCUT2D eigenvalue weighted by molar-refractivity contribution is 0.518. The van der Waals surface area contributed by atoms with E-state index in [1.54, 1.807) is 0 Å². The Balaban J connectivity index is 3.04. The van der Waals surface area contributed by atoms with Crippen LogP contribution in [0.3, 0.4) is 0 Å². The summed E-state index contributed by atoms with van der Waals surface area (Å²) in [5.74, 6) is 0.738. The average Bonchev–Trinajstić information content (AvgIpc) is 1.85. The molecule has 0 bridgehead atoms.